The van der Waals surface area contributed by atoms with Crippen LogP contribution in [0.2, 0.25) is 0 Å². The fourth-order valence-corrected chi connectivity index (χ4v) is 2.28. The topological polar surface area (TPSA) is 52.6 Å². The molecule has 18 heavy (non-hydrogen) atoms. The molecule has 1 saturated heterocycles. The first-order valence-corrected chi connectivity index (χ1v) is 6.32. The maximum atomic E-state index is 11.9. The van der Waals surface area contributed by atoms with Crippen molar-refractivity contribution in [1.82, 2.24) is 10.2 Å². The maximum absolute atomic E-state index is 11.9. The summed E-state index contributed by atoms with van der Waals surface area (Å²) >= 11 is 0. The third kappa shape index (κ3) is 3.01. The van der Waals surface area contributed by atoms with Crippen molar-refractivity contribution >= 4 is 5.91 Å². The Kier molecular flexibility index (Phi) is 3.87. The molecule has 1 heterocycles. The highest BCUT2D eigenvalue weighted by atomic mass is 16.3. The van der Waals surface area contributed by atoms with E-state index in [4.69, 9.17) is 0 Å². The second-order valence-corrected chi connectivity index (χ2v) is 5.13. The minimum Gasteiger partial charge on any atom is -0.508 e. The molecule has 1 amide bonds. The number of hydrogen-bond acceptors (Lipinski definition) is 3. The van der Waals surface area contributed by atoms with Crippen LogP contribution in [0.1, 0.15) is 22.3 Å². The van der Waals surface area contributed by atoms with Gasteiger partial charge in [-0.2, -0.15) is 0 Å². The van der Waals surface area contributed by atoms with Gasteiger partial charge in [0, 0.05) is 18.7 Å². The molecular formula is C14H20N2O2. The van der Waals surface area contributed by atoms with E-state index in [1.807, 2.05) is 6.92 Å². The number of carbonyl (C=O) groups excluding carboxylic acids is 1. The molecule has 1 fully saturated rings. The molecule has 0 bridgehead atoms. The van der Waals surface area contributed by atoms with Gasteiger partial charge in [0.05, 0.1) is 0 Å². The Labute approximate surface area is 108 Å². The molecular weight excluding hydrogens is 228 g/mol. The summed E-state index contributed by atoms with van der Waals surface area (Å²) in [7, 11) is 2.10. The summed E-state index contributed by atoms with van der Waals surface area (Å²) in [5.74, 6) is 0.598. The van der Waals surface area contributed by atoms with Crippen molar-refractivity contribution in [3.05, 3.63) is 29.3 Å². The average molecular weight is 248 g/mol. The summed E-state index contributed by atoms with van der Waals surface area (Å²) in [4.78, 5) is 14.2. The Morgan fingerprint density at radius 1 is 1.56 bits per heavy atom. The van der Waals surface area contributed by atoms with Gasteiger partial charge in [-0.25, -0.2) is 0 Å². The van der Waals surface area contributed by atoms with Crippen molar-refractivity contribution in [3.63, 3.8) is 0 Å². The SMILES string of the molecule is Cc1ccc(C(=O)NCC2CCN(C)C2)cc1O. The molecule has 2 rings (SSSR count). The first kappa shape index (κ1) is 12.9. The van der Waals surface area contributed by atoms with E-state index in [-0.39, 0.29) is 11.7 Å². The first-order valence-electron chi connectivity index (χ1n) is 6.32. The molecule has 0 aliphatic carbocycles. The highest BCUT2D eigenvalue weighted by molar-refractivity contribution is 5.94. The predicted molar refractivity (Wildman–Crippen MR) is 70.8 cm³/mol. The number of nitrogens with one attached hydrogen (secondary N) is 1. The Morgan fingerprint density at radius 2 is 2.33 bits per heavy atom. The van der Waals surface area contributed by atoms with Crippen molar-refractivity contribution in [3.8, 4) is 5.75 Å². The quantitative estimate of drug-likeness (QED) is 0.849. The van der Waals surface area contributed by atoms with Crippen molar-refractivity contribution in [1.29, 1.82) is 0 Å². The Morgan fingerprint density at radius 3 is 2.94 bits per heavy atom. The van der Waals surface area contributed by atoms with E-state index in [1.165, 1.54) is 6.07 Å². The maximum Gasteiger partial charge on any atom is 0.251 e. The zero-order valence-corrected chi connectivity index (χ0v) is 10.9. The number of nitrogens with zero attached hydrogens (tertiary/aromatic N) is 1. The largest absolute Gasteiger partial charge is 0.508 e. The van der Waals surface area contributed by atoms with Crippen molar-refractivity contribution in [2.75, 3.05) is 26.7 Å². The standard InChI is InChI=1S/C14H20N2O2/c1-10-3-4-12(7-13(10)17)14(18)15-8-11-5-6-16(2)9-11/h3-4,7,11,17H,5-6,8-9H2,1-2H3,(H,15,18). The third-order valence-corrected chi connectivity index (χ3v) is 3.51. The van der Waals surface area contributed by atoms with Crippen LogP contribution in [0.25, 0.3) is 0 Å². The molecule has 1 aromatic rings. The van der Waals surface area contributed by atoms with Crippen LogP contribution in [0.15, 0.2) is 18.2 Å². The number of carbonyl (C=O) groups is 1. The van der Waals surface area contributed by atoms with E-state index >= 15 is 0 Å². The number of likely N-dealkylation sites (tertiary alicyclic amines) is 1. The minimum absolute atomic E-state index is 0.111. The summed E-state index contributed by atoms with van der Waals surface area (Å²) in [5.41, 5.74) is 1.30. The van der Waals surface area contributed by atoms with Crippen LogP contribution >= 0.6 is 0 Å². The lowest BCUT2D eigenvalue weighted by Gasteiger charge is -2.12. The number of amides is 1. The van der Waals surface area contributed by atoms with Gasteiger partial charge in [0.15, 0.2) is 0 Å². The van der Waals surface area contributed by atoms with Gasteiger partial charge in [0.25, 0.3) is 5.91 Å². The molecule has 1 atom stereocenters. The van der Waals surface area contributed by atoms with E-state index in [1.54, 1.807) is 12.1 Å². The molecule has 4 heteroatoms. The van der Waals surface area contributed by atoms with Gasteiger partial charge in [-0.15, -0.1) is 0 Å². The van der Waals surface area contributed by atoms with E-state index in [0.717, 1.165) is 25.1 Å². The first-order chi connectivity index (χ1) is 8.56. The molecule has 1 unspecified atom stereocenters. The third-order valence-electron chi connectivity index (χ3n) is 3.51. The van der Waals surface area contributed by atoms with Gasteiger partial charge in [-0.1, -0.05) is 6.07 Å². The predicted octanol–water partition coefficient (Wildman–Crippen LogP) is 1.38. The lowest BCUT2D eigenvalue weighted by molar-refractivity contribution is 0.0947. The molecule has 4 nitrogen and oxygen atoms in total. The van der Waals surface area contributed by atoms with Crippen molar-refractivity contribution < 1.29 is 9.90 Å². The lowest BCUT2D eigenvalue weighted by Crippen LogP contribution is -2.30. The second-order valence-electron chi connectivity index (χ2n) is 5.13. The van der Waals surface area contributed by atoms with Gasteiger partial charge in [-0.05, 0) is 50.6 Å². The fraction of sp³-hybridized carbons (Fsp3) is 0.500. The second kappa shape index (κ2) is 5.40. The summed E-state index contributed by atoms with van der Waals surface area (Å²) in [6.45, 7) is 4.66. The van der Waals surface area contributed by atoms with Crippen molar-refractivity contribution in [2.24, 2.45) is 5.92 Å². The van der Waals surface area contributed by atoms with Crippen LogP contribution in [0.4, 0.5) is 0 Å². The van der Waals surface area contributed by atoms with E-state index in [9.17, 15) is 9.90 Å². The van der Waals surface area contributed by atoms with Gasteiger partial charge < -0.3 is 15.3 Å². The Hall–Kier alpha value is -1.55. The van der Waals surface area contributed by atoms with Gasteiger partial charge in [0.1, 0.15) is 5.75 Å². The minimum atomic E-state index is -0.111. The molecule has 0 saturated carbocycles. The molecule has 98 valence electrons. The van der Waals surface area contributed by atoms with Crippen LogP contribution < -0.4 is 5.32 Å². The molecule has 2 N–H and O–H groups in total. The fourth-order valence-electron chi connectivity index (χ4n) is 2.28. The van der Waals surface area contributed by atoms with E-state index < -0.39 is 0 Å². The summed E-state index contributed by atoms with van der Waals surface area (Å²) in [5, 5.41) is 12.5. The molecule has 0 radical (unpaired) electrons. The Balaban J connectivity index is 1.89. The van der Waals surface area contributed by atoms with E-state index in [0.29, 0.717) is 18.0 Å². The van der Waals surface area contributed by atoms with Crippen LogP contribution in [0.3, 0.4) is 0 Å². The number of phenolic OH excluding ortho intramolecular Hbond substituents is 1. The van der Waals surface area contributed by atoms with Gasteiger partial charge >= 0.3 is 0 Å². The zero-order valence-electron chi connectivity index (χ0n) is 10.9. The van der Waals surface area contributed by atoms with Crippen LogP contribution in [-0.4, -0.2) is 42.6 Å². The molecule has 1 aromatic carbocycles. The zero-order chi connectivity index (χ0) is 13.1. The smallest absolute Gasteiger partial charge is 0.251 e. The normalized spacial score (nSPS) is 20.0. The van der Waals surface area contributed by atoms with Crippen LogP contribution in [-0.2, 0) is 0 Å². The molecule has 0 spiro atoms. The number of phenols is 1. The number of hydrogen-bond donors (Lipinski definition) is 2. The molecule has 1 aliphatic heterocycles. The summed E-state index contributed by atoms with van der Waals surface area (Å²) in [6.07, 6.45) is 1.13. The monoisotopic (exact) mass is 248 g/mol. The van der Waals surface area contributed by atoms with Crippen LogP contribution in [0, 0.1) is 12.8 Å². The van der Waals surface area contributed by atoms with E-state index in [2.05, 4.69) is 17.3 Å². The average Bonchev–Trinajstić information content (AvgIpc) is 2.75. The number of benzene rings is 1. The lowest BCUT2D eigenvalue weighted by atomic mass is 10.1. The number of aryl methyl sites for hydroxylation is 1. The highest BCUT2D eigenvalue weighted by Crippen LogP contribution is 2.18. The van der Waals surface area contributed by atoms with Gasteiger partial charge in [0.2, 0.25) is 0 Å². The number of rotatable bonds is 3. The molecule has 0 aromatic heterocycles. The highest BCUT2D eigenvalue weighted by Gasteiger charge is 2.20. The number of aromatic hydroxyl groups is 1. The Bertz CT molecular complexity index is 445. The summed E-state index contributed by atoms with van der Waals surface area (Å²) in [6, 6.07) is 5.02. The van der Waals surface area contributed by atoms with Crippen LogP contribution in [0.5, 0.6) is 5.75 Å². The van der Waals surface area contributed by atoms with Gasteiger partial charge in [-0.3, -0.25) is 4.79 Å². The molecule has 1 aliphatic rings. The van der Waals surface area contributed by atoms with Crippen molar-refractivity contribution in [2.45, 2.75) is 13.3 Å². The summed E-state index contributed by atoms with van der Waals surface area (Å²) < 4.78 is 0.